The molecule has 2 amide bonds. The molecule has 1 spiro atoms. The van der Waals surface area contributed by atoms with Gasteiger partial charge in [0.25, 0.3) is 5.91 Å². The van der Waals surface area contributed by atoms with Crippen molar-refractivity contribution in [3.8, 4) is 0 Å². The van der Waals surface area contributed by atoms with E-state index in [9.17, 15) is 35.9 Å². The zero-order valence-electron chi connectivity index (χ0n) is 32.8. The number of alkyl halides is 6. The lowest BCUT2D eigenvalue weighted by Gasteiger charge is -2.46. The maximum absolute atomic E-state index is 13.8. The molecular weight excluding hydrogens is 823 g/mol. The number of aliphatic hydroxyl groups excluding tert-OH is 1. The van der Waals surface area contributed by atoms with E-state index in [4.69, 9.17) is 37.8 Å². The minimum absolute atomic E-state index is 0.000787. The SMILES string of the molecule is CN(CCCCCCO)C(=O)CO[C@H]1Cc2ccccc2C12CCN(CC[C@]1(c3ccc(Cl)c(Cl)c3)CN(C(=O)c3cc(C(F)(F)F)cc(C(F)(F)F)c3)CCO1)CC2. The molecule has 1 N–H and O–H groups in total. The molecule has 0 aromatic heterocycles. The molecule has 2 fully saturated rings. The van der Waals surface area contributed by atoms with Gasteiger partial charge in [-0.1, -0.05) is 66.4 Å². The van der Waals surface area contributed by atoms with Crippen molar-refractivity contribution in [2.45, 2.75) is 80.8 Å². The number of nitrogens with zero attached hydrogens (tertiary/aromatic N) is 3. The van der Waals surface area contributed by atoms with Crippen molar-refractivity contribution in [2.24, 2.45) is 0 Å². The molecule has 3 aromatic rings. The molecule has 3 aromatic carbocycles. The molecule has 0 bridgehead atoms. The van der Waals surface area contributed by atoms with E-state index >= 15 is 0 Å². The van der Waals surface area contributed by atoms with E-state index in [-0.39, 0.29) is 66.4 Å². The Kier molecular flexibility index (Phi) is 14.3. The smallest absolute Gasteiger partial charge is 0.396 e. The van der Waals surface area contributed by atoms with Crippen LogP contribution in [-0.2, 0) is 44.1 Å². The van der Waals surface area contributed by atoms with Gasteiger partial charge in [0, 0.05) is 44.3 Å². The summed E-state index contributed by atoms with van der Waals surface area (Å²) in [5.74, 6) is -1.07. The Morgan fingerprint density at radius 2 is 1.58 bits per heavy atom. The maximum Gasteiger partial charge on any atom is 0.416 e. The average Bonchev–Trinajstić information content (AvgIpc) is 3.51. The first-order valence-corrected chi connectivity index (χ1v) is 20.7. The van der Waals surface area contributed by atoms with Gasteiger partial charge in [0.15, 0.2) is 0 Å². The van der Waals surface area contributed by atoms with Gasteiger partial charge in [0.05, 0.1) is 40.4 Å². The van der Waals surface area contributed by atoms with Gasteiger partial charge >= 0.3 is 12.4 Å². The van der Waals surface area contributed by atoms with Crippen LogP contribution in [0.4, 0.5) is 26.3 Å². The molecule has 59 heavy (non-hydrogen) atoms. The number of likely N-dealkylation sites (tertiary alicyclic amines) is 1. The number of fused-ring (bicyclic) bond motifs is 2. The molecule has 0 unspecified atom stereocenters. The standard InChI is InChI=1S/C43H49Cl2F6N3O5/c1-52(15-6-2-3-7-20-55)38(56)27-58-37-24-29-8-4-5-9-34(29)40(37)12-16-53(17-13-40)18-14-41(31-10-11-35(44)36(45)26-31)28-54(19-21-59-41)39(57)30-22-32(42(46,47)48)25-33(23-30)43(49,50)51/h4-5,8-11,22-23,25-26,37,55H,2-3,6-7,12-21,24,27-28H2,1H3/t37-,41+/m0/s1. The topological polar surface area (TPSA) is 82.5 Å². The van der Waals surface area contributed by atoms with Crippen molar-refractivity contribution in [1.82, 2.24) is 14.7 Å². The maximum atomic E-state index is 13.8. The molecule has 8 nitrogen and oxygen atoms in total. The molecule has 322 valence electrons. The monoisotopic (exact) mass is 871 g/mol. The molecule has 0 saturated carbocycles. The van der Waals surface area contributed by atoms with Gasteiger partial charge in [-0.15, -0.1) is 0 Å². The van der Waals surface area contributed by atoms with Crippen LogP contribution in [0, 0.1) is 0 Å². The number of amides is 2. The van der Waals surface area contributed by atoms with Crippen LogP contribution >= 0.6 is 23.2 Å². The first-order valence-electron chi connectivity index (χ1n) is 19.9. The third-order valence-electron chi connectivity index (χ3n) is 12.1. The summed E-state index contributed by atoms with van der Waals surface area (Å²) in [5, 5.41) is 9.51. The molecule has 16 heteroatoms. The van der Waals surface area contributed by atoms with E-state index in [1.165, 1.54) is 16.0 Å². The Morgan fingerprint density at radius 3 is 2.24 bits per heavy atom. The minimum atomic E-state index is -5.11. The van der Waals surface area contributed by atoms with Crippen LogP contribution in [0.2, 0.25) is 10.0 Å². The highest BCUT2D eigenvalue weighted by molar-refractivity contribution is 6.42. The summed E-state index contributed by atoms with van der Waals surface area (Å²) in [4.78, 5) is 32.1. The number of carbonyl (C=O) groups is 2. The van der Waals surface area contributed by atoms with E-state index in [0.29, 0.717) is 56.7 Å². The van der Waals surface area contributed by atoms with Crippen LogP contribution in [0.25, 0.3) is 0 Å². The molecule has 1 aliphatic carbocycles. The number of unbranched alkanes of at least 4 members (excludes halogenated alkanes) is 3. The molecule has 2 atom stereocenters. The number of piperidine rings is 1. The quantitative estimate of drug-likeness (QED) is 0.129. The number of hydrogen-bond donors (Lipinski definition) is 1. The lowest BCUT2D eigenvalue weighted by Crippen LogP contribution is -2.54. The second-order valence-corrected chi connectivity index (χ2v) is 16.7. The highest BCUT2D eigenvalue weighted by Gasteiger charge is 2.50. The summed E-state index contributed by atoms with van der Waals surface area (Å²) >= 11 is 12.7. The Balaban J connectivity index is 1.17. The van der Waals surface area contributed by atoms with Gasteiger partial charge in [0.2, 0.25) is 5.91 Å². The van der Waals surface area contributed by atoms with Crippen molar-refractivity contribution in [3.05, 3.63) is 104 Å². The zero-order valence-corrected chi connectivity index (χ0v) is 34.3. The summed E-state index contributed by atoms with van der Waals surface area (Å²) < 4.78 is 95.2. The van der Waals surface area contributed by atoms with E-state index in [1.54, 1.807) is 30.1 Å². The van der Waals surface area contributed by atoms with Crippen LogP contribution in [0.5, 0.6) is 0 Å². The Bertz CT molecular complexity index is 1920. The summed E-state index contributed by atoms with van der Waals surface area (Å²) in [7, 11) is 1.78. The second-order valence-electron chi connectivity index (χ2n) is 15.9. The van der Waals surface area contributed by atoms with Crippen molar-refractivity contribution >= 4 is 35.0 Å². The fourth-order valence-electron chi connectivity index (χ4n) is 8.77. The number of morpholine rings is 1. The van der Waals surface area contributed by atoms with Crippen molar-refractivity contribution < 1.29 is 50.5 Å². The Labute approximate surface area is 350 Å². The number of halogens is 8. The van der Waals surface area contributed by atoms with Crippen molar-refractivity contribution in [3.63, 3.8) is 0 Å². The van der Waals surface area contributed by atoms with E-state index in [0.717, 1.165) is 38.5 Å². The highest BCUT2D eigenvalue weighted by Crippen LogP contribution is 2.48. The molecular formula is C43H49Cl2F6N3O5. The van der Waals surface area contributed by atoms with E-state index in [2.05, 4.69) is 17.0 Å². The zero-order chi connectivity index (χ0) is 42.6. The molecule has 2 heterocycles. The fourth-order valence-corrected chi connectivity index (χ4v) is 9.06. The number of hydrogen-bond acceptors (Lipinski definition) is 6. The normalized spacial score (nSPS) is 20.8. The fraction of sp³-hybridized carbons (Fsp3) is 0.535. The summed E-state index contributed by atoms with van der Waals surface area (Å²) in [6.07, 6.45) is -4.51. The van der Waals surface area contributed by atoms with Crippen LogP contribution in [0.3, 0.4) is 0 Å². The largest absolute Gasteiger partial charge is 0.416 e. The van der Waals surface area contributed by atoms with Crippen molar-refractivity contribution in [1.29, 1.82) is 0 Å². The Hall–Kier alpha value is -3.40. The van der Waals surface area contributed by atoms with Gasteiger partial charge in [-0.2, -0.15) is 26.3 Å². The van der Waals surface area contributed by atoms with Gasteiger partial charge in [-0.25, -0.2) is 0 Å². The van der Waals surface area contributed by atoms with Crippen LogP contribution < -0.4 is 0 Å². The molecule has 2 aliphatic heterocycles. The van der Waals surface area contributed by atoms with Gasteiger partial charge in [0.1, 0.15) is 12.2 Å². The molecule has 0 radical (unpaired) electrons. The summed E-state index contributed by atoms with van der Waals surface area (Å²) in [6.45, 7) is 2.30. The number of aliphatic hydroxyl groups is 1. The summed E-state index contributed by atoms with van der Waals surface area (Å²) in [5.41, 5.74) is -2.43. The van der Waals surface area contributed by atoms with Crippen LogP contribution in [0.1, 0.15) is 83.1 Å². The molecule has 3 aliphatic rings. The van der Waals surface area contributed by atoms with E-state index in [1.807, 2.05) is 12.1 Å². The van der Waals surface area contributed by atoms with Gasteiger partial charge < -0.3 is 29.3 Å². The number of likely N-dealkylation sites (N-methyl/N-ethyl adjacent to an activating group) is 1. The number of benzene rings is 3. The van der Waals surface area contributed by atoms with Crippen LogP contribution in [-0.4, -0.2) is 104 Å². The van der Waals surface area contributed by atoms with Gasteiger partial charge in [-0.05, 0) is 98.6 Å². The predicted molar refractivity (Wildman–Crippen MR) is 211 cm³/mol. The average molecular weight is 873 g/mol. The first kappa shape index (κ1) is 45.1. The highest BCUT2D eigenvalue weighted by atomic mass is 35.5. The Morgan fingerprint density at radius 1 is 0.898 bits per heavy atom. The number of ether oxygens (including phenoxy) is 2. The van der Waals surface area contributed by atoms with Crippen LogP contribution in [0.15, 0.2) is 60.7 Å². The lowest BCUT2D eigenvalue weighted by molar-refractivity contribution is -0.143. The summed E-state index contributed by atoms with van der Waals surface area (Å²) in [6, 6.07) is 14.1. The minimum Gasteiger partial charge on any atom is -0.396 e. The molecule has 2 saturated heterocycles. The molecule has 6 rings (SSSR count). The number of carbonyl (C=O) groups excluding carboxylic acids is 2. The van der Waals surface area contributed by atoms with Gasteiger partial charge in [-0.3, -0.25) is 9.59 Å². The second kappa shape index (κ2) is 18.7. The third kappa shape index (κ3) is 10.4. The van der Waals surface area contributed by atoms with Crippen molar-refractivity contribution in [2.75, 3.05) is 66.1 Å². The first-order chi connectivity index (χ1) is 28.0. The lowest BCUT2D eigenvalue weighted by atomic mass is 9.72. The third-order valence-corrected chi connectivity index (χ3v) is 12.9. The number of rotatable bonds is 14. The van der Waals surface area contributed by atoms with E-state index < -0.39 is 40.6 Å². The predicted octanol–water partition coefficient (Wildman–Crippen LogP) is 8.78.